The number of aromatic nitrogens is 1. The van der Waals surface area contributed by atoms with Crippen LogP contribution in [0.1, 0.15) is 31.2 Å². The van der Waals surface area contributed by atoms with Crippen molar-refractivity contribution in [2.45, 2.75) is 26.3 Å². The van der Waals surface area contributed by atoms with Crippen LogP contribution in [0.5, 0.6) is 11.5 Å². The van der Waals surface area contributed by atoms with Crippen molar-refractivity contribution in [2.75, 3.05) is 13.7 Å². The van der Waals surface area contributed by atoms with Gasteiger partial charge < -0.3 is 15.2 Å². The standard InChI is InChI=1S/C15H20N2O2S/c1-4-7-16-10(2)14-9-17-15(20-14)11-5-6-12(18)13(8-11)19-3/h5-6,8-10,16,18H,4,7H2,1-3H3. The Labute approximate surface area is 123 Å². The molecule has 0 radical (unpaired) electrons. The Bertz CT molecular complexity index is 569. The van der Waals surface area contributed by atoms with Crippen LogP contribution in [0.25, 0.3) is 10.6 Å². The largest absolute Gasteiger partial charge is 0.504 e. The summed E-state index contributed by atoms with van der Waals surface area (Å²) in [7, 11) is 1.54. The molecule has 1 atom stereocenters. The van der Waals surface area contributed by atoms with Gasteiger partial charge >= 0.3 is 0 Å². The minimum absolute atomic E-state index is 0.144. The summed E-state index contributed by atoms with van der Waals surface area (Å²) in [4.78, 5) is 5.67. The second-order valence-electron chi connectivity index (χ2n) is 4.63. The summed E-state index contributed by atoms with van der Waals surface area (Å²) in [5.41, 5.74) is 0.957. The number of nitrogens with one attached hydrogen (secondary N) is 1. The fraction of sp³-hybridized carbons (Fsp3) is 0.400. The highest BCUT2D eigenvalue weighted by atomic mass is 32.1. The highest BCUT2D eigenvalue weighted by molar-refractivity contribution is 7.15. The van der Waals surface area contributed by atoms with Crippen molar-refractivity contribution in [2.24, 2.45) is 0 Å². The number of phenols is 1. The first-order valence-corrected chi connectivity index (χ1v) is 7.53. The van der Waals surface area contributed by atoms with Crippen LogP contribution in [0.3, 0.4) is 0 Å². The molecule has 0 aliphatic rings. The molecule has 2 N–H and O–H groups in total. The molecule has 2 rings (SSSR count). The van der Waals surface area contributed by atoms with Crippen molar-refractivity contribution < 1.29 is 9.84 Å². The van der Waals surface area contributed by atoms with Crippen LogP contribution in [-0.4, -0.2) is 23.7 Å². The average Bonchev–Trinajstić information content (AvgIpc) is 2.95. The number of thiazole rings is 1. The minimum atomic E-state index is 0.144. The summed E-state index contributed by atoms with van der Waals surface area (Å²) < 4.78 is 5.13. The molecule has 1 heterocycles. The van der Waals surface area contributed by atoms with Gasteiger partial charge in [0.25, 0.3) is 0 Å². The van der Waals surface area contributed by atoms with Crippen molar-refractivity contribution >= 4 is 11.3 Å². The third-order valence-corrected chi connectivity index (χ3v) is 4.31. The van der Waals surface area contributed by atoms with E-state index in [4.69, 9.17) is 4.74 Å². The van der Waals surface area contributed by atoms with Gasteiger partial charge in [-0.25, -0.2) is 4.98 Å². The van der Waals surface area contributed by atoms with Crippen LogP contribution in [-0.2, 0) is 0 Å². The van der Waals surface area contributed by atoms with Gasteiger partial charge in [-0.15, -0.1) is 11.3 Å². The van der Waals surface area contributed by atoms with Gasteiger partial charge in [0.15, 0.2) is 11.5 Å². The van der Waals surface area contributed by atoms with Gasteiger partial charge in [-0.2, -0.15) is 0 Å². The maximum absolute atomic E-state index is 9.62. The molecule has 1 aromatic carbocycles. The summed E-state index contributed by atoms with van der Waals surface area (Å²) in [6.07, 6.45) is 3.03. The highest BCUT2D eigenvalue weighted by Gasteiger charge is 2.12. The first-order chi connectivity index (χ1) is 9.65. The van der Waals surface area contributed by atoms with E-state index in [1.54, 1.807) is 24.5 Å². The normalized spacial score (nSPS) is 12.3. The molecule has 2 aromatic rings. The molecule has 0 spiro atoms. The van der Waals surface area contributed by atoms with Crippen LogP contribution in [0.4, 0.5) is 0 Å². The molecule has 1 unspecified atom stereocenters. The molecular formula is C15H20N2O2S. The Morgan fingerprint density at radius 3 is 2.95 bits per heavy atom. The first kappa shape index (κ1) is 14.8. The van der Waals surface area contributed by atoms with Crippen molar-refractivity contribution in [3.8, 4) is 22.1 Å². The highest BCUT2D eigenvalue weighted by Crippen LogP contribution is 2.34. The number of ether oxygens (including phenoxy) is 1. The van der Waals surface area contributed by atoms with Gasteiger partial charge in [0.1, 0.15) is 5.01 Å². The van der Waals surface area contributed by atoms with Crippen LogP contribution < -0.4 is 10.1 Å². The third kappa shape index (κ3) is 3.29. The van der Waals surface area contributed by atoms with Crippen LogP contribution in [0.2, 0.25) is 0 Å². The summed E-state index contributed by atoms with van der Waals surface area (Å²) in [5, 5.41) is 14.0. The van der Waals surface area contributed by atoms with E-state index in [0.29, 0.717) is 11.8 Å². The second-order valence-corrected chi connectivity index (χ2v) is 5.69. The first-order valence-electron chi connectivity index (χ1n) is 6.72. The molecule has 0 fully saturated rings. The summed E-state index contributed by atoms with van der Waals surface area (Å²) in [6.45, 7) is 5.30. The maximum Gasteiger partial charge on any atom is 0.161 e. The summed E-state index contributed by atoms with van der Waals surface area (Å²) in [6, 6.07) is 5.60. The molecule has 0 amide bonds. The lowest BCUT2D eigenvalue weighted by molar-refractivity contribution is 0.373. The molecule has 4 nitrogen and oxygen atoms in total. The lowest BCUT2D eigenvalue weighted by Gasteiger charge is -2.09. The van der Waals surface area contributed by atoms with Crippen molar-refractivity contribution in [3.05, 3.63) is 29.3 Å². The molecule has 0 saturated heterocycles. The predicted octanol–water partition coefficient (Wildman–Crippen LogP) is 3.58. The third-order valence-electron chi connectivity index (χ3n) is 3.08. The van der Waals surface area contributed by atoms with E-state index in [2.05, 4.69) is 24.1 Å². The van der Waals surface area contributed by atoms with E-state index >= 15 is 0 Å². The van der Waals surface area contributed by atoms with Crippen LogP contribution in [0, 0.1) is 0 Å². The molecular weight excluding hydrogens is 272 g/mol. The number of hydrogen-bond donors (Lipinski definition) is 2. The lowest BCUT2D eigenvalue weighted by atomic mass is 10.2. The number of phenolic OH excluding ortho intramolecular Hbond substituents is 1. The van der Waals surface area contributed by atoms with E-state index in [0.717, 1.165) is 23.5 Å². The fourth-order valence-electron chi connectivity index (χ4n) is 1.89. The van der Waals surface area contributed by atoms with Crippen LogP contribution >= 0.6 is 11.3 Å². The molecule has 20 heavy (non-hydrogen) atoms. The van der Waals surface area contributed by atoms with E-state index in [1.165, 1.54) is 4.88 Å². The zero-order valence-electron chi connectivity index (χ0n) is 12.0. The quantitative estimate of drug-likeness (QED) is 0.854. The van der Waals surface area contributed by atoms with Crippen molar-refractivity contribution in [1.29, 1.82) is 0 Å². The molecule has 0 aliphatic carbocycles. The SMILES string of the molecule is CCCNC(C)c1cnc(-c2ccc(O)c(OC)c2)s1. The van der Waals surface area contributed by atoms with Gasteiger partial charge in [0.2, 0.25) is 0 Å². The van der Waals surface area contributed by atoms with Gasteiger partial charge in [-0.3, -0.25) is 0 Å². The van der Waals surface area contributed by atoms with E-state index in [9.17, 15) is 5.11 Å². The van der Waals surface area contributed by atoms with E-state index in [-0.39, 0.29) is 5.75 Å². The van der Waals surface area contributed by atoms with E-state index < -0.39 is 0 Å². The van der Waals surface area contributed by atoms with Crippen molar-refractivity contribution in [1.82, 2.24) is 10.3 Å². The Kier molecular flexibility index (Phi) is 4.98. The molecule has 0 saturated carbocycles. The predicted molar refractivity (Wildman–Crippen MR) is 82.5 cm³/mol. The number of benzene rings is 1. The Balaban J connectivity index is 2.20. The topological polar surface area (TPSA) is 54.4 Å². The average molecular weight is 292 g/mol. The smallest absolute Gasteiger partial charge is 0.161 e. The summed E-state index contributed by atoms with van der Waals surface area (Å²) >= 11 is 1.66. The molecule has 5 heteroatoms. The van der Waals surface area contributed by atoms with Crippen LogP contribution in [0.15, 0.2) is 24.4 Å². The monoisotopic (exact) mass is 292 g/mol. The zero-order chi connectivity index (χ0) is 14.5. The van der Waals surface area contributed by atoms with Gasteiger partial charge in [-0.1, -0.05) is 6.92 Å². The fourth-order valence-corrected chi connectivity index (χ4v) is 2.83. The summed E-state index contributed by atoms with van der Waals surface area (Å²) in [5.74, 6) is 0.613. The Hall–Kier alpha value is -1.59. The Morgan fingerprint density at radius 2 is 2.25 bits per heavy atom. The number of aromatic hydroxyl groups is 1. The van der Waals surface area contributed by atoms with Gasteiger partial charge in [0, 0.05) is 22.7 Å². The number of rotatable bonds is 6. The molecule has 0 bridgehead atoms. The maximum atomic E-state index is 9.62. The number of nitrogens with zero attached hydrogens (tertiary/aromatic N) is 1. The molecule has 0 aliphatic heterocycles. The lowest BCUT2D eigenvalue weighted by Crippen LogP contribution is -2.18. The molecule has 1 aromatic heterocycles. The number of hydrogen-bond acceptors (Lipinski definition) is 5. The number of methoxy groups -OCH3 is 1. The van der Waals surface area contributed by atoms with Gasteiger partial charge in [-0.05, 0) is 38.1 Å². The Morgan fingerprint density at radius 1 is 1.45 bits per heavy atom. The van der Waals surface area contributed by atoms with E-state index in [1.807, 2.05) is 18.3 Å². The van der Waals surface area contributed by atoms with Crippen molar-refractivity contribution in [3.63, 3.8) is 0 Å². The molecule has 108 valence electrons. The minimum Gasteiger partial charge on any atom is -0.504 e. The second kappa shape index (κ2) is 6.72. The van der Waals surface area contributed by atoms with Gasteiger partial charge in [0.05, 0.1) is 7.11 Å². The zero-order valence-corrected chi connectivity index (χ0v) is 12.8.